The third-order valence-electron chi connectivity index (χ3n) is 0.907. The summed E-state index contributed by atoms with van der Waals surface area (Å²) in [5.74, 6) is 0. The minimum atomic E-state index is -1.48. The van der Waals surface area contributed by atoms with Gasteiger partial charge in [0.2, 0.25) is 6.19 Å². The first kappa shape index (κ1) is 8.36. The molecule has 1 saturated heterocycles. The first-order chi connectivity index (χ1) is 5.06. The van der Waals surface area contributed by atoms with Crippen molar-refractivity contribution in [3.05, 3.63) is 0 Å². The Morgan fingerprint density at radius 3 is 2.82 bits per heavy atom. The highest BCUT2D eigenvalue weighted by Gasteiger charge is 2.34. The Hall–Kier alpha value is -0.740. The Labute approximate surface area is 69.2 Å². The number of carbonyl (C=O) groups is 1. The van der Waals surface area contributed by atoms with Gasteiger partial charge in [-0.15, -0.1) is 0 Å². The van der Waals surface area contributed by atoms with Gasteiger partial charge in [-0.3, -0.25) is 4.84 Å². The van der Waals surface area contributed by atoms with E-state index in [9.17, 15) is 4.79 Å². The van der Waals surface area contributed by atoms with Crippen molar-refractivity contribution < 1.29 is 13.8 Å². The molecule has 11 heavy (non-hydrogen) atoms. The zero-order chi connectivity index (χ0) is 8.48. The Morgan fingerprint density at radius 1 is 1.73 bits per heavy atom. The van der Waals surface area contributed by atoms with Crippen LogP contribution in [0.1, 0.15) is 0 Å². The average Bonchev–Trinajstić information content (AvgIpc) is 1.94. The van der Waals surface area contributed by atoms with E-state index in [0.717, 1.165) is 15.5 Å². The van der Waals surface area contributed by atoms with Gasteiger partial charge in [0.25, 0.3) is 0 Å². The smallest absolute Gasteiger partial charge is 0.346 e. The molecule has 0 unspecified atom stereocenters. The van der Waals surface area contributed by atoms with Crippen LogP contribution in [0.2, 0.25) is 0 Å². The van der Waals surface area contributed by atoms with Gasteiger partial charge in [-0.25, -0.2) is 4.79 Å². The van der Waals surface area contributed by atoms with Crippen molar-refractivity contribution in [3.63, 3.8) is 0 Å². The molecule has 0 aliphatic carbocycles. The van der Waals surface area contributed by atoms with Crippen LogP contribution in [0.4, 0.5) is 4.79 Å². The van der Waals surface area contributed by atoms with Crippen LogP contribution in [0.25, 0.3) is 0 Å². The molecule has 0 saturated carbocycles. The highest BCUT2D eigenvalue weighted by Crippen LogP contribution is 2.59. The minimum Gasteiger partial charge on any atom is -0.346 e. The van der Waals surface area contributed by atoms with E-state index in [4.69, 9.17) is 5.26 Å². The molecule has 0 radical (unpaired) electrons. The Bertz CT molecular complexity index is 224. The van der Waals surface area contributed by atoms with Crippen LogP contribution < -0.4 is 0 Å². The van der Waals surface area contributed by atoms with E-state index < -0.39 is 15.4 Å². The molecule has 0 aromatic heterocycles. The Morgan fingerprint density at radius 2 is 2.36 bits per heavy atom. The number of rotatable bonds is 0. The van der Waals surface area contributed by atoms with Crippen molar-refractivity contribution in [1.29, 1.82) is 5.26 Å². The summed E-state index contributed by atoms with van der Waals surface area (Å²) in [7, 11) is -1.48. The standard InChI is InChI=1S/C4H6N2O3S2/c1-11(2)6(3-5)8-4(7)9-10-11/h1-2H3. The van der Waals surface area contributed by atoms with Crippen LogP contribution in [0.3, 0.4) is 0 Å². The molecule has 0 bridgehead atoms. The number of nitrogens with zero attached hydrogens (tertiary/aromatic N) is 2. The maximum absolute atomic E-state index is 10.5. The zero-order valence-electron chi connectivity index (χ0n) is 5.94. The predicted octanol–water partition coefficient (Wildman–Crippen LogP) is 1.39. The molecule has 1 heterocycles. The van der Waals surface area contributed by atoms with Gasteiger partial charge < -0.3 is 4.18 Å². The second kappa shape index (κ2) is 2.71. The summed E-state index contributed by atoms with van der Waals surface area (Å²) in [5, 5.41) is 8.50. The molecule has 0 aromatic carbocycles. The van der Waals surface area contributed by atoms with Crippen LogP contribution >= 0.6 is 20.3 Å². The van der Waals surface area contributed by atoms with Crippen LogP contribution in [0.5, 0.6) is 0 Å². The van der Waals surface area contributed by atoms with E-state index in [0.29, 0.717) is 0 Å². The van der Waals surface area contributed by atoms with Crippen molar-refractivity contribution in [1.82, 2.24) is 4.47 Å². The molecule has 1 aliphatic heterocycles. The number of hydrogen-bond acceptors (Lipinski definition) is 6. The first-order valence-electron chi connectivity index (χ1n) is 2.57. The van der Waals surface area contributed by atoms with Gasteiger partial charge in [0, 0.05) is 0 Å². The summed E-state index contributed by atoms with van der Waals surface area (Å²) >= 11 is 0.973. The molecule has 0 atom stereocenters. The van der Waals surface area contributed by atoms with Crippen molar-refractivity contribution in [3.8, 4) is 6.19 Å². The van der Waals surface area contributed by atoms with E-state index in [2.05, 4.69) is 9.02 Å². The maximum Gasteiger partial charge on any atom is 0.548 e. The predicted molar refractivity (Wildman–Crippen MR) is 42.0 cm³/mol. The summed E-state index contributed by atoms with van der Waals surface area (Å²) < 4.78 is 5.50. The van der Waals surface area contributed by atoms with Gasteiger partial charge in [-0.1, -0.05) is 4.47 Å². The summed E-state index contributed by atoms with van der Waals surface area (Å²) in [6.07, 6.45) is 4.48. The van der Waals surface area contributed by atoms with Crippen LogP contribution in [0, 0.1) is 11.5 Å². The van der Waals surface area contributed by atoms with Gasteiger partial charge in [-0.2, -0.15) is 5.26 Å². The molecular formula is C4H6N2O3S2. The lowest BCUT2D eigenvalue weighted by molar-refractivity contribution is -0.00112. The SMILES string of the molecule is CS1(C)SOC(=O)ON1C#N. The summed E-state index contributed by atoms with van der Waals surface area (Å²) in [4.78, 5) is 15.0. The third kappa shape index (κ3) is 1.64. The van der Waals surface area contributed by atoms with Crippen molar-refractivity contribution in [2.45, 2.75) is 0 Å². The quantitative estimate of drug-likeness (QED) is 0.330. The topological polar surface area (TPSA) is 62.6 Å². The van der Waals surface area contributed by atoms with Gasteiger partial charge in [0.15, 0.2) is 0 Å². The number of hydrogen-bond donors (Lipinski definition) is 0. The fourth-order valence-electron chi connectivity index (χ4n) is 0.430. The average molecular weight is 194 g/mol. The van der Waals surface area contributed by atoms with Crippen molar-refractivity contribution >= 4 is 26.5 Å². The highest BCUT2D eigenvalue weighted by atomic mass is 33.2. The largest absolute Gasteiger partial charge is 0.548 e. The highest BCUT2D eigenvalue weighted by molar-refractivity contribution is 8.91. The zero-order valence-corrected chi connectivity index (χ0v) is 7.57. The fraction of sp³-hybridized carbons (Fsp3) is 0.500. The molecule has 0 amide bonds. The van der Waals surface area contributed by atoms with E-state index in [1.807, 2.05) is 0 Å². The molecular weight excluding hydrogens is 188 g/mol. The first-order valence-corrected chi connectivity index (χ1v) is 6.24. The normalized spacial score (nSPS) is 24.5. The Kier molecular flexibility index (Phi) is 2.06. The van der Waals surface area contributed by atoms with Crippen LogP contribution in [0.15, 0.2) is 0 Å². The summed E-state index contributed by atoms with van der Waals surface area (Å²) in [6, 6.07) is 0. The summed E-state index contributed by atoms with van der Waals surface area (Å²) in [6.45, 7) is 0. The molecule has 1 rings (SSSR count). The lowest BCUT2D eigenvalue weighted by Gasteiger charge is -2.36. The monoisotopic (exact) mass is 194 g/mol. The lowest BCUT2D eigenvalue weighted by atomic mass is 11.4. The lowest BCUT2D eigenvalue weighted by Crippen LogP contribution is -2.28. The van der Waals surface area contributed by atoms with E-state index in [-0.39, 0.29) is 0 Å². The van der Waals surface area contributed by atoms with Crippen molar-refractivity contribution in [2.24, 2.45) is 0 Å². The van der Waals surface area contributed by atoms with E-state index in [1.165, 1.54) is 0 Å². The van der Waals surface area contributed by atoms with Crippen LogP contribution in [-0.2, 0) is 9.02 Å². The Balaban J connectivity index is 2.73. The number of hydroxylamine groups is 1. The van der Waals surface area contributed by atoms with Crippen LogP contribution in [-0.4, -0.2) is 23.1 Å². The van der Waals surface area contributed by atoms with Gasteiger partial charge in [0.1, 0.15) is 11.1 Å². The second-order valence-corrected chi connectivity index (χ2v) is 7.88. The maximum atomic E-state index is 10.5. The second-order valence-electron chi connectivity index (χ2n) is 2.03. The molecule has 0 N–H and O–H groups in total. The van der Waals surface area contributed by atoms with Gasteiger partial charge in [0.05, 0.1) is 0 Å². The third-order valence-corrected chi connectivity index (χ3v) is 4.01. The minimum absolute atomic E-state index is 0.844. The fourth-order valence-corrected chi connectivity index (χ4v) is 2.20. The van der Waals surface area contributed by atoms with Gasteiger partial charge >= 0.3 is 6.16 Å². The molecule has 1 fully saturated rings. The molecule has 0 spiro atoms. The number of nitriles is 1. The molecule has 5 nitrogen and oxygen atoms in total. The molecule has 7 heteroatoms. The van der Waals surface area contributed by atoms with E-state index in [1.54, 1.807) is 18.7 Å². The molecule has 62 valence electrons. The molecule has 1 aliphatic rings. The van der Waals surface area contributed by atoms with E-state index >= 15 is 0 Å². The van der Waals surface area contributed by atoms with Crippen molar-refractivity contribution in [2.75, 3.05) is 12.5 Å². The number of carbonyl (C=O) groups excluding carboxylic acids is 1. The molecule has 0 aromatic rings. The van der Waals surface area contributed by atoms with Gasteiger partial charge in [-0.05, 0) is 21.8 Å². The summed E-state index contributed by atoms with van der Waals surface area (Å²) in [5.41, 5.74) is 0.